The molecule has 2 bridgehead atoms. The number of imidazole rings is 1. The maximum absolute atomic E-state index is 15.2. The minimum absolute atomic E-state index is 0.0870. The highest BCUT2D eigenvalue weighted by atomic mass is 19.4. The number of aromatic nitrogens is 5. The number of ether oxygens (including phenoxy) is 2. The number of nitrogens with zero attached hydrogens (tertiary/aromatic N) is 4. The molecule has 0 saturated heterocycles. The van der Waals surface area contributed by atoms with Gasteiger partial charge in [-0.2, -0.15) is 5.10 Å². The summed E-state index contributed by atoms with van der Waals surface area (Å²) in [5.74, 6) is -0.0755. The average molecular weight is 559 g/mol. The van der Waals surface area contributed by atoms with Crippen molar-refractivity contribution in [1.29, 1.82) is 0 Å². The molecular weight excluding hydrogens is 536 g/mol. The number of H-pyrrole nitrogens is 1. The Morgan fingerprint density at radius 3 is 2.64 bits per heavy atom. The van der Waals surface area contributed by atoms with E-state index in [9.17, 15) is 26.7 Å². The highest BCUT2D eigenvalue weighted by Crippen LogP contribution is 2.57. The van der Waals surface area contributed by atoms with Gasteiger partial charge in [0.25, 0.3) is 6.43 Å². The Balaban J connectivity index is 1.15. The standard InChI is InChI=1S/C23H23F6N7O3/c24-18-12(1-2-15(18)39-21(37)33-22-5-10(6-22)7-22)13-3-16(35-34-13)32-20-31-14(19(25)26)4-17-30-11(8-36(17)20)9-38-23(27,28)29/h3-4,8,10,12,15,18-19H,1-2,5-7,9H2,(H,33,37)(H2,31,32,34,35)/t10?,12-,15-,18-,22?/m0/s1. The van der Waals surface area contributed by atoms with Gasteiger partial charge < -0.3 is 15.4 Å². The van der Waals surface area contributed by atoms with E-state index in [2.05, 4.69) is 35.5 Å². The average Bonchev–Trinajstić information content (AvgIpc) is 3.53. The van der Waals surface area contributed by atoms with Crippen LogP contribution in [0.15, 0.2) is 18.3 Å². The van der Waals surface area contributed by atoms with Crippen LogP contribution in [0.3, 0.4) is 0 Å². The number of alkyl halides is 6. The van der Waals surface area contributed by atoms with Gasteiger partial charge in [0.05, 0.1) is 12.3 Å². The molecule has 16 heteroatoms. The highest BCUT2D eigenvalue weighted by molar-refractivity contribution is 5.69. The number of aromatic amines is 1. The van der Waals surface area contributed by atoms with Gasteiger partial charge in [0.2, 0.25) is 5.95 Å². The van der Waals surface area contributed by atoms with Crippen molar-refractivity contribution in [1.82, 2.24) is 29.9 Å². The van der Waals surface area contributed by atoms with Gasteiger partial charge in [-0.1, -0.05) is 0 Å². The number of amides is 1. The lowest BCUT2D eigenvalue weighted by Gasteiger charge is -2.61. The van der Waals surface area contributed by atoms with Crippen LogP contribution in [0.5, 0.6) is 0 Å². The van der Waals surface area contributed by atoms with E-state index in [0.717, 1.165) is 31.5 Å². The highest BCUT2D eigenvalue weighted by Gasteiger charge is 2.58. The summed E-state index contributed by atoms with van der Waals surface area (Å²) < 4.78 is 89.6. The molecule has 4 aliphatic rings. The van der Waals surface area contributed by atoms with E-state index in [0.29, 0.717) is 24.5 Å². The van der Waals surface area contributed by atoms with E-state index in [-0.39, 0.29) is 28.6 Å². The quantitative estimate of drug-likeness (QED) is 0.331. The van der Waals surface area contributed by atoms with Crippen molar-refractivity contribution in [2.24, 2.45) is 5.92 Å². The molecule has 0 spiro atoms. The maximum atomic E-state index is 15.2. The first-order valence-corrected chi connectivity index (χ1v) is 12.3. The fourth-order valence-corrected chi connectivity index (χ4v) is 5.57. The molecule has 0 radical (unpaired) electrons. The molecule has 0 aromatic carbocycles. The van der Waals surface area contributed by atoms with Crippen LogP contribution in [0.25, 0.3) is 5.65 Å². The molecule has 3 aromatic rings. The summed E-state index contributed by atoms with van der Waals surface area (Å²) in [4.78, 5) is 20.0. The third kappa shape index (κ3) is 5.08. The van der Waals surface area contributed by atoms with E-state index < -0.39 is 49.4 Å². The van der Waals surface area contributed by atoms with E-state index in [1.165, 1.54) is 10.5 Å². The number of anilines is 2. The SMILES string of the molecule is O=C(NC12CC(C1)C2)O[C@H]1CC[C@@H](c2cc(Nc3nc(C(F)F)cc4nc(COC(F)(F)F)cn34)n[nH]2)[C@@H]1F. The van der Waals surface area contributed by atoms with Crippen LogP contribution >= 0.6 is 0 Å². The van der Waals surface area contributed by atoms with Crippen molar-refractivity contribution >= 4 is 23.5 Å². The third-order valence-electron chi connectivity index (χ3n) is 7.53. The number of carbonyl (C=O) groups excluding carboxylic acids is 1. The number of rotatable bonds is 8. The minimum Gasteiger partial charge on any atom is -0.443 e. The summed E-state index contributed by atoms with van der Waals surface area (Å²) in [5.41, 5.74) is -0.705. The molecule has 4 saturated carbocycles. The number of hydrogen-bond acceptors (Lipinski definition) is 7. The first-order chi connectivity index (χ1) is 18.5. The van der Waals surface area contributed by atoms with E-state index >= 15 is 4.39 Å². The summed E-state index contributed by atoms with van der Waals surface area (Å²) in [5, 5.41) is 12.3. The normalized spacial score (nSPS) is 27.9. The van der Waals surface area contributed by atoms with E-state index in [1.807, 2.05) is 0 Å². The molecule has 0 unspecified atom stereocenters. The third-order valence-corrected chi connectivity index (χ3v) is 7.53. The van der Waals surface area contributed by atoms with Crippen molar-refractivity contribution in [2.45, 2.75) is 75.2 Å². The number of alkyl carbamates (subject to hydrolysis) is 1. The van der Waals surface area contributed by atoms with Crippen LogP contribution in [-0.4, -0.2) is 54.8 Å². The van der Waals surface area contributed by atoms with Gasteiger partial charge >= 0.3 is 12.5 Å². The lowest BCUT2D eigenvalue weighted by molar-refractivity contribution is -0.330. The molecule has 7 rings (SSSR count). The van der Waals surface area contributed by atoms with Gasteiger partial charge in [-0.25, -0.2) is 27.9 Å². The van der Waals surface area contributed by atoms with Crippen LogP contribution in [0.2, 0.25) is 0 Å². The van der Waals surface area contributed by atoms with Crippen molar-refractivity contribution in [3.05, 3.63) is 35.4 Å². The number of hydrogen-bond donors (Lipinski definition) is 3. The Labute approximate surface area is 216 Å². The second-order valence-electron chi connectivity index (χ2n) is 10.3. The largest absolute Gasteiger partial charge is 0.522 e. The number of fused-ring (bicyclic) bond motifs is 1. The van der Waals surface area contributed by atoms with Crippen LogP contribution in [-0.2, 0) is 16.1 Å². The van der Waals surface area contributed by atoms with Crippen molar-refractivity contribution in [3.63, 3.8) is 0 Å². The Morgan fingerprint density at radius 2 is 1.97 bits per heavy atom. The smallest absolute Gasteiger partial charge is 0.443 e. The molecule has 10 nitrogen and oxygen atoms in total. The van der Waals surface area contributed by atoms with E-state index in [1.54, 1.807) is 0 Å². The summed E-state index contributed by atoms with van der Waals surface area (Å²) in [6.07, 6.45) is -6.27. The first-order valence-electron chi connectivity index (χ1n) is 12.3. The Hall–Kier alpha value is -3.56. The summed E-state index contributed by atoms with van der Waals surface area (Å²) in [6.45, 7) is -0.927. The Kier molecular flexibility index (Phi) is 6.11. The van der Waals surface area contributed by atoms with Gasteiger partial charge in [-0.05, 0) is 38.0 Å². The summed E-state index contributed by atoms with van der Waals surface area (Å²) >= 11 is 0. The predicted molar refractivity (Wildman–Crippen MR) is 121 cm³/mol. The lowest BCUT2D eigenvalue weighted by atomic mass is 9.50. The molecular formula is C23H23F6N7O3. The summed E-state index contributed by atoms with van der Waals surface area (Å²) in [6, 6.07) is 2.41. The van der Waals surface area contributed by atoms with Crippen LogP contribution in [0, 0.1) is 5.92 Å². The molecule has 210 valence electrons. The van der Waals surface area contributed by atoms with Crippen LogP contribution in [0.4, 0.5) is 42.9 Å². The monoisotopic (exact) mass is 559 g/mol. The molecule has 4 fully saturated rings. The second kappa shape index (κ2) is 9.27. The fourth-order valence-electron chi connectivity index (χ4n) is 5.57. The predicted octanol–water partition coefficient (Wildman–Crippen LogP) is 5.03. The molecule has 3 N–H and O–H groups in total. The minimum atomic E-state index is -4.90. The van der Waals surface area contributed by atoms with Crippen LogP contribution < -0.4 is 10.6 Å². The molecule has 3 heterocycles. The molecule has 4 aliphatic carbocycles. The zero-order valence-corrected chi connectivity index (χ0v) is 20.1. The Morgan fingerprint density at radius 1 is 1.21 bits per heavy atom. The number of nitrogens with one attached hydrogen (secondary N) is 3. The molecule has 0 aliphatic heterocycles. The molecule has 1 amide bonds. The van der Waals surface area contributed by atoms with E-state index in [4.69, 9.17) is 4.74 Å². The first kappa shape index (κ1) is 25.7. The lowest BCUT2D eigenvalue weighted by Crippen LogP contribution is -2.68. The van der Waals surface area contributed by atoms with Gasteiger partial charge in [0.15, 0.2) is 5.82 Å². The van der Waals surface area contributed by atoms with Gasteiger partial charge in [-0.3, -0.25) is 14.2 Å². The van der Waals surface area contributed by atoms with Crippen molar-refractivity contribution in [3.8, 4) is 0 Å². The molecule has 39 heavy (non-hydrogen) atoms. The van der Waals surface area contributed by atoms with Crippen molar-refractivity contribution < 1.29 is 40.6 Å². The Bertz CT molecular complexity index is 1380. The topological polar surface area (TPSA) is 118 Å². The molecule has 3 atom stereocenters. The van der Waals surface area contributed by atoms with Crippen LogP contribution in [0.1, 0.15) is 61.5 Å². The number of carbonyl (C=O) groups is 1. The van der Waals surface area contributed by atoms with Crippen molar-refractivity contribution in [2.75, 3.05) is 5.32 Å². The number of halogens is 6. The zero-order valence-electron chi connectivity index (χ0n) is 20.1. The zero-order chi connectivity index (χ0) is 27.5. The molecule has 3 aromatic heterocycles. The van der Waals surface area contributed by atoms with Gasteiger partial charge in [0.1, 0.15) is 23.6 Å². The fraction of sp³-hybridized carbons (Fsp3) is 0.565. The van der Waals surface area contributed by atoms with Gasteiger partial charge in [-0.15, -0.1) is 13.2 Å². The summed E-state index contributed by atoms with van der Waals surface area (Å²) in [7, 11) is 0. The van der Waals surface area contributed by atoms with Gasteiger partial charge in [0, 0.05) is 35.5 Å². The second-order valence-corrected chi connectivity index (χ2v) is 10.3. The maximum Gasteiger partial charge on any atom is 0.522 e.